The number of aliphatic hydroxyl groups excluding tert-OH is 7. The van der Waals surface area contributed by atoms with Crippen LogP contribution < -0.4 is 10.1 Å². The van der Waals surface area contributed by atoms with Crippen molar-refractivity contribution in [3.8, 4) is 5.75 Å². The Morgan fingerprint density at radius 3 is 1.97 bits per heavy atom. The van der Waals surface area contributed by atoms with Gasteiger partial charge in [-0.1, -0.05) is 12.1 Å². The minimum absolute atomic E-state index is 0.0467. The first kappa shape index (κ1) is 26.7. The van der Waals surface area contributed by atoms with Crippen molar-refractivity contribution in [1.82, 2.24) is 5.32 Å². The van der Waals surface area contributed by atoms with Crippen molar-refractivity contribution >= 4 is 5.91 Å². The number of hydrogen-bond donors (Lipinski definition) is 8. The van der Waals surface area contributed by atoms with Gasteiger partial charge in [0.2, 0.25) is 12.2 Å². The average Bonchev–Trinajstić information content (AvgIpc) is 2.82. The highest BCUT2D eigenvalue weighted by Crippen LogP contribution is 2.26. The number of nitrogens with one attached hydrogen (secondary N) is 1. The van der Waals surface area contributed by atoms with Gasteiger partial charge >= 0.3 is 0 Å². The van der Waals surface area contributed by atoms with E-state index in [4.69, 9.17) is 18.9 Å². The Hall–Kier alpha value is -1.91. The van der Waals surface area contributed by atoms with Crippen molar-refractivity contribution in [3.05, 3.63) is 29.8 Å². The summed E-state index contributed by atoms with van der Waals surface area (Å²) in [4.78, 5) is 11.5. The van der Waals surface area contributed by atoms with E-state index >= 15 is 0 Å². The van der Waals surface area contributed by atoms with E-state index < -0.39 is 80.5 Å². The molecule has 0 saturated carbocycles. The van der Waals surface area contributed by atoms with Crippen LogP contribution in [0.2, 0.25) is 0 Å². The van der Waals surface area contributed by atoms with Gasteiger partial charge in [-0.25, -0.2) is 0 Å². The van der Waals surface area contributed by atoms with Crippen LogP contribution in [0.5, 0.6) is 5.75 Å². The number of rotatable bonds is 8. The van der Waals surface area contributed by atoms with Crippen LogP contribution in [0.4, 0.5) is 0 Å². The lowest BCUT2D eigenvalue weighted by Gasteiger charge is -2.42. The molecule has 1 aromatic rings. The molecule has 1 aromatic carbocycles. The van der Waals surface area contributed by atoms with Gasteiger partial charge in [0.15, 0.2) is 6.29 Å². The number of aliphatic hydroxyl groups is 7. The third kappa shape index (κ3) is 6.01. The molecule has 0 bridgehead atoms. The first-order chi connectivity index (χ1) is 16.2. The van der Waals surface area contributed by atoms with Crippen LogP contribution in [-0.2, 0) is 25.6 Å². The van der Waals surface area contributed by atoms with Crippen LogP contribution in [-0.4, -0.2) is 116 Å². The minimum Gasteiger partial charge on any atom is -0.463 e. The van der Waals surface area contributed by atoms with Crippen molar-refractivity contribution in [2.24, 2.45) is 0 Å². The van der Waals surface area contributed by atoms with Gasteiger partial charge in [-0.05, 0) is 17.7 Å². The van der Waals surface area contributed by atoms with Crippen molar-refractivity contribution in [1.29, 1.82) is 0 Å². The molecule has 34 heavy (non-hydrogen) atoms. The lowest BCUT2D eigenvalue weighted by Crippen LogP contribution is -2.65. The van der Waals surface area contributed by atoms with Crippen LogP contribution in [0, 0.1) is 0 Å². The van der Waals surface area contributed by atoms with Gasteiger partial charge in [0, 0.05) is 6.92 Å². The second kappa shape index (κ2) is 11.7. The Morgan fingerprint density at radius 1 is 0.853 bits per heavy atom. The number of amides is 1. The zero-order valence-electron chi connectivity index (χ0n) is 18.4. The molecule has 0 aromatic heterocycles. The van der Waals surface area contributed by atoms with Gasteiger partial charge in [-0.15, -0.1) is 0 Å². The Labute approximate surface area is 195 Å². The number of hydrogen-bond acceptors (Lipinski definition) is 12. The van der Waals surface area contributed by atoms with Gasteiger partial charge in [0.25, 0.3) is 0 Å². The van der Waals surface area contributed by atoms with E-state index in [0.717, 1.165) is 0 Å². The summed E-state index contributed by atoms with van der Waals surface area (Å²) in [7, 11) is 0. The van der Waals surface area contributed by atoms with E-state index in [-0.39, 0.29) is 12.4 Å². The van der Waals surface area contributed by atoms with E-state index in [1.807, 2.05) is 0 Å². The summed E-state index contributed by atoms with van der Waals surface area (Å²) in [6.45, 7) is 0.0506. The van der Waals surface area contributed by atoms with Crippen LogP contribution in [0.3, 0.4) is 0 Å². The van der Waals surface area contributed by atoms with Gasteiger partial charge in [-0.2, -0.15) is 0 Å². The number of ether oxygens (including phenoxy) is 4. The lowest BCUT2D eigenvalue weighted by molar-refractivity contribution is -0.304. The molecule has 13 nitrogen and oxygen atoms in total. The maximum atomic E-state index is 11.5. The van der Waals surface area contributed by atoms with Crippen molar-refractivity contribution in [2.45, 2.75) is 74.9 Å². The van der Waals surface area contributed by atoms with E-state index in [9.17, 15) is 40.5 Å². The fourth-order valence-corrected chi connectivity index (χ4v) is 3.75. The number of carbonyl (C=O) groups excluding carboxylic acids is 1. The first-order valence-corrected chi connectivity index (χ1v) is 10.7. The molecule has 7 unspecified atom stereocenters. The molecule has 10 atom stereocenters. The molecule has 2 aliphatic heterocycles. The van der Waals surface area contributed by atoms with Crippen LogP contribution in [0.1, 0.15) is 12.5 Å². The van der Waals surface area contributed by atoms with Crippen molar-refractivity contribution in [2.75, 3.05) is 13.2 Å². The first-order valence-electron chi connectivity index (χ1n) is 10.7. The Kier molecular flexibility index (Phi) is 9.17. The summed E-state index contributed by atoms with van der Waals surface area (Å²) in [5.41, 5.74) is 0.621. The maximum Gasteiger partial charge on any atom is 0.223 e. The average molecular weight is 489 g/mol. The third-order valence-electron chi connectivity index (χ3n) is 5.69. The van der Waals surface area contributed by atoms with E-state index in [2.05, 4.69) is 5.32 Å². The molecule has 192 valence electrons. The van der Waals surface area contributed by atoms with Crippen LogP contribution in [0.25, 0.3) is 0 Å². The van der Waals surface area contributed by atoms with E-state index in [1.54, 1.807) is 24.3 Å². The largest absolute Gasteiger partial charge is 0.463 e. The SMILES string of the molecule is CC(=O)NC1C(O)[C@H](O)C(CO)O[C@H]1Oc1ccc(COC2OC(CO)[C@@H](O)C(O)C2O)cc1. The predicted molar refractivity (Wildman–Crippen MR) is 111 cm³/mol. The standard InChI is InChI=1S/C21H31NO12/c1-9(25)22-14-17(28)15(26)12(6-23)33-20(14)32-11-4-2-10(3-5-11)8-31-21-19(30)18(29)16(27)13(7-24)34-21/h2-5,12-21,23-24,26-30H,6-8H2,1H3,(H,22,25)/t12?,13?,14?,15-,16-,17?,18?,19?,20-,21?/m1/s1. The molecule has 2 fully saturated rings. The second-order valence-corrected chi connectivity index (χ2v) is 8.20. The van der Waals surface area contributed by atoms with Crippen molar-refractivity contribution < 1.29 is 59.5 Å². The fraction of sp³-hybridized carbons (Fsp3) is 0.667. The Morgan fingerprint density at radius 2 is 1.41 bits per heavy atom. The molecular formula is C21H31NO12. The molecule has 2 aliphatic rings. The Bertz CT molecular complexity index is 792. The minimum atomic E-state index is -1.55. The van der Waals surface area contributed by atoms with Crippen LogP contribution >= 0.6 is 0 Å². The normalized spacial score (nSPS) is 38.4. The molecule has 2 heterocycles. The highest BCUT2D eigenvalue weighted by molar-refractivity contribution is 5.73. The molecule has 8 N–H and O–H groups in total. The quantitative estimate of drug-likeness (QED) is 0.178. The fourth-order valence-electron chi connectivity index (χ4n) is 3.75. The number of carbonyl (C=O) groups is 1. The molecule has 13 heteroatoms. The molecule has 2 saturated heterocycles. The van der Waals surface area contributed by atoms with Gasteiger partial charge in [0.1, 0.15) is 54.5 Å². The summed E-state index contributed by atoms with van der Waals surface area (Å²) < 4.78 is 22.0. The predicted octanol–water partition coefficient (Wildman–Crippen LogP) is -3.67. The van der Waals surface area contributed by atoms with Gasteiger partial charge in [0.05, 0.1) is 19.8 Å². The monoisotopic (exact) mass is 489 g/mol. The highest BCUT2D eigenvalue weighted by atomic mass is 16.7. The summed E-state index contributed by atoms with van der Waals surface area (Å²) in [5.74, 6) is -0.186. The summed E-state index contributed by atoms with van der Waals surface area (Å²) in [5, 5.41) is 71.2. The molecule has 3 rings (SSSR count). The van der Waals surface area contributed by atoms with Gasteiger partial charge < -0.3 is 60.0 Å². The van der Waals surface area contributed by atoms with E-state index in [1.165, 1.54) is 6.92 Å². The molecule has 1 amide bonds. The summed E-state index contributed by atoms with van der Waals surface area (Å²) >= 11 is 0. The zero-order valence-corrected chi connectivity index (χ0v) is 18.4. The third-order valence-corrected chi connectivity index (χ3v) is 5.69. The van der Waals surface area contributed by atoms with Crippen molar-refractivity contribution in [3.63, 3.8) is 0 Å². The highest BCUT2D eigenvalue weighted by Gasteiger charge is 2.46. The topological polar surface area (TPSA) is 208 Å². The second-order valence-electron chi connectivity index (χ2n) is 8.20. The number of benzene rings is 1. The molecular weight excluding hydrogens is 458 g/mol. The smallest absolute Gasteiger partial charge is 0.223 e. The summed E-state index contributed by atoms with van der Waals surface area (Å²) in [6.07, 6.45) is -12.1. The van der Waals surface area contributed by atoms with E-state index in [0.29, 0.717) is 5.56 Å². The van der Waals surface area contributed by atoms with Crippen LogP contribution in [0.15, 0.2) is 24.3 Å². The maximum absolute atomic E-state index is 11.5. The molecule has 0 aliphatic carbocycles. The Balaban J connectivity index is 1.61. The summed E-state index contributed by atoms with van der Waals surface area (Å²) in [6, 6.07) is 5.23. The molecule has 0 radical (unpaired) electrons. The lowest BCUT2D eigenvalue weighted by atomic mass is 9.97. The van der Waals surface area contributed by atoms with Gasteiger partial charge in [-0.3, -0.25) is 4.79 Å². The molecule has 0 spiro atoms. The zero-order chi connectivity index (χ0) is 25.0.